The maximum atomic E-state index is 11.7. The number of hydrogen-bond acceptors (Lipinski definition) is 4. The van der Waals surface area contributed by atoms with Gasteiger partial charge in [0.15, 0.2) is 11.5 Å². The van der Waals surface area contributed by atoms with E-state index >= 15 is 0 Å². The molecule has 0 radical (unpaired) electrons. The van der Waals surface area contributed by atoms with Crippen molar-refractivity contribution in [3.63, 3.8) is 0 Å². The Morgan fingerprint density at radius 3 is 2.44 bits per heavy atom. The van der Waals surface area contributed by atoms with Crippen LogP contribution in [0.25, 0.3) is 0 Å². The zero-order chi connectivity index (χ0) is 11.8. The van der Waals surface area contributed by atoms with Gasteiger partial charge in [0.05, 0.1) is 19.1 Å². The monoisotopic (exact) mass is 243 g/mol. The molecule has 5 nitrogen and oxygen atoms in total. The molecule has 0 aliphatic carbocycles. The Balaban J connectivity index is 2.64. The van der Waals surface area contributed by atoms with Gasteiger partial charge in [0.2, 0.25) is 10.0 Å². The van der Waals surface area contributed by atoms with Crippen molar-refractivity contribution in [2.45, 2.75) is 11.3 Å². The fourth-order valence-electron chi connectivity index (χ4n) is 1.75. The van der Waals surface area contributed by atoms with Crippen molar-refractivity contribution in [2.24, 2.45) is 0 Å². The van der Waals surface area contributed by atoms with Crippen LogP contribution in [-0.4, -0.2) is 29.2 Å². The van der Waals surface area contributed by atoms with Gasteiger partial charge in [-0.15, -0.1) is 0 Å². The number of rotatable bonds is 2. The highest BCUT2D eigenvalue weighted by Crippen LogP contribution is 2.34. The van der Waals surface area contributed by atoms with E-state index < -0.39 is 10.0 Å². The third kappa shape index (κ3) is 1.74. The first-order valence-electron chi connectivity index (χ1n) is 4.83. The third-order valence-corrected chi connectivity index (χ3v) is 4.09. The van der Waals surface area contributed by atoms with Gasteiger partial charge >= 0.3 is 0 Å². The summed E-state index contributed by atoms with van der Waals surface area (Å²) in [6, 6.07) is 3.21. The molecule has 1 N–H and O–H groups in total. The summed E-state index contributed by atoms with van der Waals surface area (Å²) < 4.78 is 36.2. The average molecular weight is 243 g/mol. The van der Waals surface area contributed by atoms with E-state index in [1.807, 2.05) is 0 Å². The smallest absolute Gasteiger partial charge is 0.240 e. The highest BCUT2D eigenvalue weighted by atomic mass is 32.2. The number of benzene rings is 1. The number of sulfonamides is 1. The third-order valence-electron chi connectivity index (χ3n) is 2.54. The van der Waals surface area contributed by atoms with Crippen molar-refractivity contribution >= 4 is 10.0 Å². The molecule has 16 heavy (non-hydrogen) atoms. The molecule has 1 aliphatic heterocycles. The van der Waals surface area contributed by atoms with Crippen LogP contribution in [-0.2, 0) is 16.4 Å². The lowest BCUT2D eigenvalue weighted by Gasteiger charge is -2.19. The molecule has 0 saturated carbocycles. The van der Waals surface area contributed by atoms with Crippen molar-refractivity contribution in [3.8, 4) is 11.5 Å². The van der Waals surface area contributed by atoms with Crippen molar-refractivity contribution < 1.29 is 17.9 Å². The van der Waals surface area contributed by atoms with Crippen molar-refractivity contribution in [2.75, 3.05) is 20.8 Å². The van der Waals surface area contributed by atoms with Crippen LogP contribution < -0.4 is 14.2 Å². The first kappa shape index (κ1) is 11.2. The molecule has 1 aromatic carbocycles. The van der Waals surface area contributed by atoms with Crippen LogP contribution in [0.15, 0.2) is 17.0 Å². The minimum Gasteiger partial charge on any atom is -0.493 e. The van der Waals surface area contributed by atoms with E-state index in [2.05, 4.69) is 4.72 Å². The van der Waals surface area contributed by atoms with Gasteiger partial charge in [-0.05, 0) is 18.1 Å². The molecule has 0 aromatic heterocycles. The molecule has 0 saturated heterocycles. The van der Waals surface area contributed by atoms with Crippen LogP contribution in [0, 0.1) is 0 Å². The largest absolute Gasteiger partial charge is 0.493 e. The molecule has 88 valence electrons. The van der Waals surface area contributed by atoms with Gasteiger partial charge < -0.3 is 9.47 Å². The Kier molecular flexibility index (Phi) is 2.77. The summed E-state index contributed by atoms with van der Waals surface area (Å²) in [6.45, 7) is 0.421. The lowest BCUT2D eigenvalue weighted by atomic mass is 10.1. The zero-order valence-corrected chi connectivity index (χ0v) is 9.93. The van der Waals surface area contributed by atoms with E-state index in [-0.39, 0.29) is 4.90 Å². The molecule has 0 atom stereocenters. The van der Waals surface area contributed by atoms with Crippen LogP contribution in [0.5, 0.6) is 11.5 Å². The maximum Gasteiger partial charge on any atom is 0.240 e. The van der Waals surface area contributed by atoms with Crippen LogP contribution in [0.3, 0.4) is 0 Å². The summed E-state index contributed by atoms with van der Waals surface area (Å²) in [5.41, 5.74) is 0.761. The molecular formula is C10H13NO4S. The molecule has 0 fully saturated rings. The van der Waals surface area contributed by atoms with E-state index in [4.69, 9.17) is 9.47 Å². The van der Waals surface area contributed by atoms with Gasteiger partial charge in [-0.2, -0.15) is 0 Å². The fraction of sp³-hybridized carbons (Fsp3) is 0.400. The van der Waals surface area contributed by atoms with Gasteiger partial charge in [0.1, 0.15) is 0 Å². The number of methoxy groups -OCH3 is 2. The number of hydrogen-bond donors (Lipinski definition) is 1. The molecule has 1 aliphatic rings. The summed E-state index contributed by atoms with van der Waals surface area (Å²) in [5, 5.41) is 0. The minimum absolute atomic E-state index is 0.274. The van der Waals surface area contributed by atoms with E-state index in [1.54, 1.807) is 6.07 Å². The van der Waals surface area contributed by atoms with Gasteiger partial charge in [-0.1, -0.05) is 0 Å². The SMILES string of the molecule is COc1cc2c(cc1OC)S(=O)(=O)NCC2. The van der Waals surface area contributed by atoms with Gasteiger partial charge in [-0.3, -0.25) is 0 Å². The molecule has 0 amide bonds. The molecule has 6 heteroatoms. The first-order chi connectivity index (χ1) is 7.58. The second-order valence-corrected chi connectivity index (χ2v) is 5.20. The maximum absolute atomic E-state index is 11.7. The van der Waals surface area contributed by atoms with Crippen molar-refractivity contribution in [1.82, 2.24) is 4.72 Å². The van der Waals surface area contributed by atoms with Gasteiger partial charge in [0.25, 0.3) is 0 Å². The van der Waals surface area contributed by atoms with Gasteiger partial charge in [-0.25, -0.2) is 13.1 Å². The van der Waals surface area contributed by atoms with E-state index in [9.17, 15) is 8.42 Å². The molecule has 0 spiro atoms. The topological polar surface area (TPSA) is 64.6 Å². The predicted octanol–water partition coefficient (Wildman–Crippen LogP) is 0.538. The number of fused-ring (bicyclic) bond motifs is 1. The molecule has 0 unspecified atom stereocenters. The number of nitrogens with one attached hydrogen (secondary N) is 1. The summed E-state index contributed by atoms with van der Waals surface area (Å²) in [7, 11) is -0.378. The molecule has 0 bridgehead atoms. The molecule has 1 heterocycles. The van der Waals surface area contributed by atoms with E-state index in [0.717, 1.165) is 5.56 Å². The van der Waals surface area contributed by atoms with E-state index in [0.29, 0.717) is 24.5 Å². The van der Waals surface area contributed by atoms with Crippen molar-refractivity contribution in [1.29, 1.82) is 0 Å². The molecular weight excluding hydrogens is 230 g/mol. The summed E-state index contributed by atoms with van der Waals surface area (Å²) in [4.78, 5) is 0.274. The molecule has 2 rings (SSSR count). The Morgan fingerprint density at radius 2 is 1.81 bits per heavy atom. The second-order valence-electron chi connectivity index (χ2n) is 3.46. The standard InChI is InChI=1S/C10H13NO4S/c1-14-8-5-7-3-4-11-16(12,13)10(7)6-9(8)15-2/h5-6,11H,3-4H2,1-2H3. The minimum atomic E-state index is -3.39. The van der Waals surface area contributed by atoms with Crippen LogP contribution in [0.4, 0.5) is 0 Å². The number of ether oxygens (including phenoxy) is 2. The Morgan fingerprint density at radius 1 is 1.19 bits per heavy atom. The van der Waals surface area contributed by atoms with Crippen molar-refractivity contribution in [3.05, 3.63) is 17.7 Å². The van der Waals surface area contributed by atoms with Gasteiger partial charge in [0, 0.05) is 12.6 Å². The Labute approximate surface area is 94.4 Å². The predicted molar refractivity (Wildman–Crippen MR) is 58.4 cm³/mol. The average Bonchev–Trinajstić information content (AvgIpc) is 2.27. The van der Waals surface area contributed by atoms with Crippen LogP contribution >= 0.6 is 0 Å². The normalized spacial score (nSPS) is 17.6. The fourth-order valence-corrected chi connectivity index (χ4v) is 3.04. The molecule has 1 aromatic rings. The second kappa shape index (κ2) is 3.95. The first-order valence-corrected chi connectivity index (χ1v) is 6.31. The highest BCUT2D eigenvalue weighted by Gasteiger charge is 2.25. The summed E-state index contributed by atoms with van der Waals surface area (Å²) in [6.07, 6.45) is 0.662. The Hall–Kier alpha value is -1.27. The summed E-state index contributed by atoms with van der Waals surface area (Å²) >= 11 is 0. The lowest BCUT2D eigenvalue weighted by Crippen LogP contribution is -2.31. The quantitative estimate of drug-likeness (QED) is 0.823. The zero-order valence-electron chi connectivity index (χ0n) is 9.11. The highest BCUT2D eigenvalue weighted by molar-refractivity contribution is 7.89. The summed E-state index contributed by atoms with van der Waals surface area (Å²) in [5.74, 6) is 0.979. The van der Waals surface area contributed by atoms with Crippen LogP contribution in [0.1, 0.15) is 5.56 Å². The van der Waals surface area contributed by atoms with Crippen LogP contribution in [0.2, 0.25) is 0 Å². The Bertz CT molecular complexity index is 510. The lowest BCUT2D eigenvalue weighted by molar-refractivity contribution is 0.353. The van der Waals surface area contributed by atoms with E-state index in [1.165, 1.54) is 20.3 Å².